The molecule has 0 bridgehead atoms. The van der Waals surface area contributed by atoms with Gasteiger partial charge >= 0.3 is 5.97 Å². The fourth-order valence-corrected chi connectivity index (χ4v) is 6.30. The second kappa shape index (κ2) is 11.7. The Labute approximate surface area is 255 Å². The minimum absolute atomic E-state index is 0.190. The standard InChI is InChI=1S/C34H27N3O6S/c1-19-25(10-7-11-26(19)33(40)41)27-17-16-24(43-27)18-28-32(39)37-30(21-12-14-23(42-3)15-13-21)29(20(2)35-34(37)44-28)31(38)36-22-8-5-4-6-9-22/h4-18,30H,1-3H3,(H,36,38)(H,40,41)/b28-18+/t30-/m1/s1. The molecular weight excluding hydrogens is 578 g/mol. The molecule has 0 spiro atoms. The maximum Gasteiger partial charge on any atom is 0.335 e. The molecule has 10 heteroatoms. The summed E-state index contributed by atoms with van der Waals surface area (Å²) in [4.78, 5) is 44.5. The van der Waals surface area contributed by atoms with Gasteiger partial charge in [-0.2, -0.15) is 0 Å². The van der Waals surface area contributed by atoms with E-state index in [2.05, 4.69) is 10.3 Å². The summed E-state index contributed by atoms with van der Waals surface area (Å²) in [6.07, 6.45) is 1.64. The van der Waals surface area contributed by atoms with E-state index >= 15 is 0 Å². The number of nitrogens with zero attached hydrogens (tertiary/aromatic N) is 2. The van der Waals surface area contributed by atoms with E-state index in [0.29, 0.717) is 54.7 Å². The Morgan fingerprint density at radius 1 is 1.00 bits per heavy atom. The normalized spacial score (nSPS) is 14.6. The molecule has 1 aliphatic rings. The molecule has 44 heavy (non-hydrogen) atoms. The summed E-state index contributed by atoms with van der Waals surface area (Å²) in [6, 6.07) is 24.1. The number of furan rings is 1. The van der Waals surface area contributed by atoms with Crippen LogP contribution in [0.5, 0.6) is 5.75 Å². The van der Waals surface area contributed by atoms with Crippen LogP contribution >= 0.6 is 11.3 Å². The van der Waals surface area contributed by atoms with Gasteiger partial charge in [0.15, 0.2) is 4.80 Å². The van der Waals surface area contributed by atoms with E-state index in [0.717, 1.165) is 5.56 Å². The molecule has 2 aromatic heterocycles. The Morgan fingerprint density at radius 2 is 1.75 bits per heavy atom. The fraction of sp³-hybridized carbons (Fsp3) is 0.118. The van der Waals surface area contributed by atoms with E-state index in [1.54, 1.807) is 81.6 Å². The number of para-hydroxylation sites is 1. The highest BCUT2D eigenvalue weighted by Gasteiger charge is 2.32. The zero-order valence-corrected chi connectivity index (χ0v) is 24.8. The second-order valence-corrected chi connectivity index (χ2v) is 11.2. The Balaban J connectivity index is 1.44. The maximum absolute atomic E-state index is 14.0. The van der Waals surface area contributed by atoms with Crippen LogP contribution in [-0.2, 0) is 4.79 Å². The van der Waals surface area contributed by atoms with Crippen molar-refractivity contribution in [1.29, 1.82) is 0 Å². The number of carbonyl (C=O) groups excluding carboxylic acids is 1. The molecule has 9 nitrogen and oxygen atoms in total. The number of aromatic nitrogens is 1. The summed E-state index contributed by atoms with van der Waals surface area (Å²) in [6.45, 7) is 3.49. The molecule has 0 unspecified atom stereocenters. The van der Waals surface area contributed by atoms with Crippen LogP contribution in [0.2, 0.25) is 0 Å². The third-order valence-corrected chi connectivity index (χ3v) is 8.44. The largest absolute Gasteiger partial charge is 0.497 e. The predicted octanol–water partition coefficient (Wildman–Crippen LogP) is 5.15. The van der Waals surface area contributed by atoms with Crippen LogP contribution in [0.1, 0.15) is 40.2 Å². The van der Waals surface area contributed by atoms with E-state index in [4.69, 9.17) is 9.15 Å². The number of aromatic carboxylic acids is 1. The summed E-state index contributed by atoms with van der Waals surface area (Å²) in [7, 11) is 1.57. The van der Waals surface area contributed by atoms with Crippen LogP contribution in [0.4, 0.5) is 5.69 Å². The molecule has 1 amide bonds. The van der Waals surface area contributed by atoms with E-state index in [-0.39, 0.29) is 17.0 Å². The lowest BCUT2D eigenvalue weighted by Gasteiger charge is -2.25. The van der Waals surface area contributed by atoms with Gasteiger partial charge in [-0.25, -0.2) is 9.79 Å². The van der Waals surface area contributed by atoms with Crippen LogP contribution < -0.4 is 24.9 Å². The molecule has 5 aromatic rings. The Morgan fingerprint density at radius 3 is 2.45 bits per heavy atom. The van der Waals surface area contributed by atoms with Crippen molar-refractivity contribution < 1.29 is 23.8 Å². The Kier molecular flexibility index (Phi) is 7.59. The first-order valence-electron chi connectivity index (χ1n) is 13.7. The first-order valence-corrected chi connectivity index (χ1v) is 14.5. The lowest BCUT2D eigenvalue weighted by atomic mass is 9.95. The second-order valence-electron chi connectivity index (χ2n) is 10.2. The van der Waals surface area contributed by atoms with Crippen molar-refractivity contribution in [3.05, 3.63) is 138 Å². The molecule has 3 heterocycles. The van der Waals surface area contributed by atoms with Gasteiger partial charge in [0.05, 0.1) is 34.5 Å². The molecule has 0 fully saturated rings. The molecule has 2 N–H and O–H groups in total. The van der Waals surface area contributed by atoms with Crippen LogP contribution in [-0.4, -0.2) is 28.7 Å². The number of fused-ring (bicyclic) bond motifs is 1. The number of amides is 1. The highest BCUT2D eigenvalue weighted by atomic mass is 32.1. The van der Waals surface area contributed by atoms with Crippen molar-refractivity contribution >= 4 is 35.0 Å². The third-order valence-electron chi connectivity index (χ3n) is 7.46. The Bertz CT molecular complexity index is 2120. The number of thiazole rings is 1. The number of carbonyl (C=O) groups is 2. The van der Waals surface area contributed by atoms with Gasteiger partial charge in [-0.15, -0.1) is 0 Å². The monoisotopic (exact) mass is 605 g/mol. The molecule has 0 saturated carbocycles. The fourth-order valence-electron chi connectivity index (χ4n) is 5.27. The average molecular weight is 606 g/mol. The third kappa shape index (κ3) is 5.27. The highest BCUT2D eigenvalue weighted by molar-refractivity contribution is 7.07. The van der Waals surface area contributed by atoms with Gasteiger partial charge in [-0.3, -0.25) is 14.2 Å². The average Bonchev–Trinajstić information content (AvgIpc) is 3.60. The maximum atomic E-state index is 14.0. The lowest BCUT2D eigenvalue weighted by molar-refractivity contribution is -0.113. The highest BCUT2D eigenvalue weighted by Crippen LogP contribution is 2.32. The number of carboxylic acids is 1. The summed E-state index contributed by atoms with van der Waals surface area (Å²) in [5.74, 6) is 0.174. The number of anilines is 1. The zero-order valence-electron chi connectivity index (χ0n) is 24.0. The molecule has 0 radical (unpaired) electrons. The van der Waals surface area contributed by atoms with Crippen molar-refractivity contribution in [3.63, 3.8) is 0 Å². The molecule has 220 valence electrons. The first-order chi connectivity index (χ1) is 21.2. The quantitative estimate of drug-likeness (QED) is 0.265. The number of ether oxygens (including phenoxy) is 1. The SMILES string of the molecule is COc1ccc([C@@H]2C(C(=O)Nc3ccccc3)=C(C)N=c3s/c(=C/c4ccc(-c5cccc(C(=O)O)c5C)o4)c(=O)n32)cc1. The number of carboxylic acid groups (broad SMARTS) is 1. The lowest BCUT2D eigenvalue weighted by Crippen LogP contribution is -2.40. The molecule has 1 atom stereocenters. The molecular formula is C34H27N3O6S. The minimum atomic E-state index is -1.02. The van der Waals surface area contributed by atoms with Crippen LogP contribution in [0, 0.1) is 6.92 Å². The topological polar surface area (TPSA) is 123 Å². The van der Waals surface area contributed by atoms with Gasteiger partial charge < -0.3 is 19.6 Å². The van der Waals surface area contributed by atoms with Gasteiger partial charge in [0.2, 0.25) is 0 Å². The van der Waals surface area contributed by atoms with Crippen molar-refractivity contribution in [3.8, 4) is 17.1 Å². The first kappa shape index (κ1) is 28.6. The van der Waals surface area contributed by atoms with E-state index < -0.39 is 12.0 Å². The van der Waals surface area contributed by atoms with E-state index in [9.17, 15) is 19.5 Å². The smallest absolute Gasteiger partial charge is 0.335 e. The van der Waals surface area contributed by atoms with Crippen LogP contribution in [0.15, 0.2) is 110 Å². The minimum Gasteiger partial charge on any atom is -0.497 e. The van der Waals surface area contributed by atoms with Crippen molar-refractivity contribution in [1.82, 2.24) is 4.57 Å². The molecule has 1 aliphatic heterocycles. The number of rotatable bonds is 7. The predicted molar refractivity (Wildman–Crippen MR) is 168 cm³/mol. The number of allylic oxidation sites excluding steroid dienone is 1. The van der Waals surface area contributed by atoms with E-state index in [1.807, 2.05) is 30.3 Å². The van der Waals surface area contributed by atoms with Crippen molar-refractivity contribution in [2.24, 2.45) is 4.99 Å². The van der Waals surface area contributed by atoms with Crippen molar-refractivity contribution in [2.45, 2.75) is 19.9 Å². The molecule has 3 aromatic carbocycles. The van der Waals surface area contributed by atoms with Gasteiger partial charge in [0.1, 0.15) is 17.3 Å². The summed E-state index contributed by atoms with van der Waals surface area (Å²) < 4.78 is 13.3. The summed E-state index contributed by atoms with van der Waals surface area (Å²) in [5, 5.41) is 12.4. The van der Waals surface area contributed by atoms with Crippen LogP contribution in [0.25, 0.3) is 17.4 Å². The summed E-state index contributed by atoms with van der Waals surface area (Å²) in [5.41, 5.74) is 3.30. The van der Waals surface area contributed by atoms with E-state index in [1.165, 1.54) is 15.9 Å². The van der Waals surface area contributed by atoms with Gasteiger partial charge in [0, 0.05) is 17.3 Å². The number of nitrogens with one attached hydrogen (secondary N) is 1. The summed E-state index contributed by atoms with van der Waals surface area (Å²) >= 11 is 1.20. The van der Waals surface area contributed by atoms with Gasteiger partial charge in [-0.05, 0) is 67.4 Å². The van der Waals surface area contributed by atoms with Gasteiger partial charge in [-0.1, -0.05) is 53.8 Å². The molecule has 0 saturated heterocycles. The number of methoxy groups -OCH3 is 1. The number of benzene rings is 3. The molecule has 0 aliphatic carbocycles. The number of hydrogen-bond acceptors (Lipinski definition) is 7. The molecule has 6 rings (SSSR count). The number of hydrogen-bond donors (Lipinski definition) is 2. The van der Waals surface area contributed by atoms with Gasteiger partial charge in [0.25, 0.3) is 11.5 Å². The van der Waals surface area contributed by atoms with Crippen LogP contribution in [0.3, 0.4) is 0 Å². The zero-order chi connectivity index (χ0) is 31.0. The Hall–Kier alpha value is -5.48. The van der Waals surface area contributed by atoms with Crippen molar-refractivity contribution in [2.75, 3.05) is 12.4 Å².